The molecule has 0 fully saturated rings. The number of nitrogens with zero attached hydrogens (tertiary/aromatic N) is 1. The molecule has 0 atom stereocenters. The number of alkyl halides is 1. The summed E-state index contributed by atoms with van der Waals surface area (Å²) in [4.78, 5) is 2.31. The lowest BCUT2D eigenvalue weighted by molar-refractivity contribution is 0.0374. The van der Waals surface area contributed by atoms with Gasteiger partial charge in [0.25, 0.3) is 0 Å². The van der Waals surface area contributed by atoms with Gasteiger partial charge in [-0.2, -0.15) is 0 Å². The highest BCUT2D eigenvalue weighted by molar-refractivity contribution is 9.09. The zero-order valence-corrected chi connectivity index (χ0v) is 11.3. The quantitative estimate of drug-likeness (QED) is 0.539. The molecule has 0 rings (SSSR count). The topological polar surface area (TPSA) is 23.5 Å². The van der Waals surface area contributed by atoms with E-state index in [-0.39, 0.29) is 0 Å². The van der Waals surface area contributed by atoms with Crippen LogP contribution in [-0.2, 0) is 0 Å². The van der Waals surface area contributed by atoms with E-state index in [1.54, 1.807) is 0 Å². The summed E-state index contributed by atoms with van der Waals surface area (Å²) in [5.41, 5.74) is -0.564. The Bertz CT molecular complexity index is 134. The Morgan fingerprint density at radius 2 is 1.86 bits per heavy atom. The molecule has 0 bridgehead atoms. The Morgan fingerprint density at radius 3 is 2.29 bits per heavy atom. The molecule has 2 nitrogen and oxygen atoms in total. The fourth-order valence-electron chi connectivity index (χ4n) is 1.50. The SMILES string of the molecule is CCN(CCCCCBr)CC(C)(C)O. The number of likely N-dealkylation sites (N-methyl/N-ethyl adjacent to an activating group) is 1. The Hall–Kier alpha value is 0.400. The summed E-state index contributed by atoms with van der Waals surface area (Å²) in [6.07, 6.45) is 3.75. The molecule has 0 saturated heterocycles. The molecule has 0 aliphatic carbocycles. The molecule has 86 valence electrons. The Morgan fingerprint density at radius 1 is 1.21 bits per heavy atom. The van der Waals surface area contributed by atoms with Crippen LogP contribution in [0.1, 0.15) is 40.0 Å². The van der Waals surface area contributed by atoms with Crippen molar-refractivity contribution < 1.29 is 5.11 Å². The molecule has 0 amide bonds. The second kappa shape index (κ2) is 7.66. The number of halogens is 1. The van der Waals surface area contributed by atoms with Crippen LogP contribution in [0.2, 0.25) is 0 Å². The van der Waals surface area contributed by atoms with Gasteiger partial charge in [0.15, 0.2) is 0 Å². The molecule has 14 heavy (non-hydrogen) atoms. The Kier molecular flexibility index (Phi) is 7.88. The van der Waals surface area contributed by atoms with Gasteiger partial charge in [-0.05, 0) is 39.8 Å². The van der Waals surface area contributed by atoms with Gasteiger partial charge in [-0.25, -0.2) is 0 Å². The summed E-state index contributed by atoms with van der Waals surface area (Å²) in [6.45, 7) is 8.79. The first-order valence-electron chi connectivity index (χ1n) is 5.50. The molecule has 0 aromatic rings. The van der Waals surface area contributed by atoms with E-state index in [1.165, 1.54) is 19.3 Å². The van der Waals surface area contributed by atoms with E-state index in [2.05, 4.69) is 27.8 Å². The largest absolute Gasteiger partial charge is 0.389 e. The first kappa shape index (κ1) is 14.4. The van der Waals surface area contributed by atoms with Crippen LogP contribution in [0.3, 0.4) is 0 Å². The second-order valence-electron chi connectivity index (χ2n) is 4.43. The van der Waals surface area contributed by atoms with Crippen molar-refractivity contribution in [1.29, 1.82) is 0 Å². The van der Waals surface area contributed by atoms with Gasteiger partial charge in [-0.3, -0.25) is 0 Å². The van der Waals surface area contributed by atoms with Crippen LogP contribution in [0.25, 0.3) is 0 Å². The lowest BCUT2D eigenvalue weighted by atomic mass is 10.1. The third kappa shape index (κ3) is 8.97. The molecule has 1 N–H and O–H groups in total. The average Bonchev–Trinajstić information content (AvgIpc) is 2.08. The van der Waals surface area contributed by atoms with Gasteiger partial charge in [0, 0.05) is 11.9 Å². The molecule has 0 aromatic carbocycles. The molecule has 0 aliphatic heterocycles. The molecule has 0 heterocycles. The highest BCUT2D eigenvalue weighted by Gasteiger charge is 2.16. The van der Waals surface area contributed by atoms with Crippen molar-refractivity contribution in [1.82, 2.24) is 4.90 Å². The van der Waals surface area contributed by atoms with Gasteiger partial charge in [-0.15, -0.1) is 0 Å². The van der Waals surface area contributed by atoms with E-state index in [0.717, 1.165) is 25.0 Å². The minimum Gasteiger partial charge on any atom is -0.389 e. The van der Waals surface area contributed by atoms with Crippen molar-refractivity contribution in [2.24, 2.45) is 0 Å². The summed E-state index contributed by atoms with van der Waals surface area (Å²) in [5, 5.41) is 10.8. The highest BCUT2D eigenvalue weighted by atomic mass is 79.9. The maximum atomic E-state index is 9.67. The van der Waals surface area contributed by atoms with Crippen molar-refractivity contribution >= 4 is 15.9 Å². The van der Waals surface area contributed by atoms with E-state index in [9.17, 15) is 5.11 Å². The van der Waals surface area contributed by atoms with E-state index >= 15 is 0 Å². The van der Waals surface area contributed by atoms with Crippen molar-refractivity contribution in [3.8, 4) is 0 Å². The van der Waals surface area contributed by atoms with Gasteiger partial charge < -0.3 is 10.0 Å². The number of hydrogen-bond donors (Lipinski definition) is 1. The predicted octanol–water partition coefficient (Wildman–Crippen LogP) is 2.64. The normalized spacial score (nSPS) is 12.4. The molecule has 0 aliphatic rings. The summed E-state index contributed by atoms with van der Waals surface area (Å²) in [5.74, 6) is 0. The van der Waals surface area contributed by atoms with Crippen LogP contribution < -0.4 is 0 Å². The van der Waals surface area contributed by atoms with Gasteiger partial charge in [0.05, 0.1) is 5.60 Å². The number of hydrogen-bond acceptors (Lipinski definition) is 2. The van der Waals surface area contributed by atoms with Gasteiger partial charge in [-0.1, -0.05) is 29.3 Å². The predicted molar refractivity (Wildman–Crippen MR) is 66.1 cm³/mol. The number of rotatable bonds is 8. The summed E-state index contributed by atoms with van der Waals surface area (Å²) in [6, 6.07) is 0. The molecular formula is C11H24BrNO. The van der Waals surface area contributed by atoms with Crippen LogP contribution in [0.5, 0.6) is 0 Å². The summed E-state index contributed by atoms with van der Waals surface area (Å²) in [7, 11) is 0. The fraction of sp³-hybridized carbons (Fsp3) is 1.00. The van der Waals surface area contributed by atoms with Crippen LogP contribution in [0.4, 0.5) is 0 Å². The number of unbranched alkanes of at least 4 members (excludes halogenated alkanes) is 2. The van der Waals surface area contributed by atoms with E-state index in [0.29, 0.717) is 0 Å². The van der Waals surface area contributed by atoms with Gasteiger partial charge >= 0.3 is 0 Å². The molecule has 0 radical (unpaired) electrons. The smallest absolute Gasteiger partial charge is 0.0718 e. The van der Waals surface area contributed by atoms with Gasteiger partial charge in [0.1, 0.15) is 0 Å². The first-order valence-corrected chi connectivity index (χ1v) is 6.62. The zero-order chi connectivity index (χ0) is 11.0. The maximum Gasteiger partial charge on any atom is 0.0718 e. The standard InChI is InChI=1S/C11H24BrNO/c1-4-13(10-11(2,3)14)9-7-5-6-8-12/h14H,4-10H2,1-3H3. The first-order chi connectivity index (χ1) is 6.49. The summed E-state index contributed by atoms with van der Waals surface area (Å²) >= 11 is 3.43. The Balaban J connectivity index is 3.58. The monoisotopic (exact) mass is 265 g/mol. The molecule has 3 heteroatoms. The van der Waals surface area contributed by atoms with E-state index in [1.807, 2.05) is 13.8 Å². The van der Waals surface area contributed by atoms with Crippen LogP contribution in [0.15, 0.2) is 0 Å². The Labute approximate surface area is 96.8 Å². The zero-order valence-electron chi connectivity index (χ0n) is 9.72. The minimum atomic E-state index is -0.564. The summed E-state index contributed by atoms with van der Waals surface area (Å²) < 4.78 is 0. The molecule has 0 unspecified atom stereocenters. The lowest BCUT2D eigenvalue weighted by Gasteiger charge is -2.27. The molecule has 0 aromatic heterocycles. The van der Waals surface area contributed by atoms with Crippen molar-refractivity contribution in [3.63, 3.8) is 0 Å². The van der Waals surface area contributed by atoms with Crippen molar-refractivity contribution in [2.75, 3.05) is 25.0 Å². The minimum absolute atomic E-state index is 0.564. The maximum absolute atomic E-state index is 9.67. The second-order valence-corrected chi connectivity index (χ2v) is 5.22. The average molecular weight is 266 g/mol. The van der Waals surface area contributed by atoms with E-state index < -0.39 is 5.60 Å². The highest BCUT2D eigenvalue weighted by Crippen LogP contribution is 2.07. The molecule has 0 spiro atoms. The third-order valence-corrected chi connectivity index (χ3v) is 2.73. The van der Waals surface area contributed by atoms with Crippen LogP contribution in [0, 0.1) is 0 Å². The number of aliphatic hydroxyl groups is 1. The third-order valence-electron chi connectivity index (χ3n) is 2.17. The van der Waals surface area contributed by atoms with Crippen LogP contribution >= 0.6 is 15.9 Å². The lowest BCUT2D eigenvalue weighted by Crippen LogP contribution is -2.39. The van der Waals surface area contributed by atoms with Crippen LogP contribution in [-0.4, -0.2) is 40.6 Å². The molecule has 0 saturated carbocycles. The van der Waals surface area contributed by atoms with Gasteiger partial charge in [0.2, 0.25) is 0 Å². The fourth-order valence-corrected chi connectivity index (χ4v) is 1.90. The van der Waals surface area contributed by atoms with E-state index in [4.69, 9.17) is 0 Å². The molecular weight excluding hydrogens is 242 g/mol. The van der Waals surface area contributed by atoms with Crippen molar-refractivity contribution in [2.45, 2.75) is 45.6 Å². The van der Waals surface area contributed by atoms with Crippen molar-refractivity contribution in [3.05, 3.63) is 0 Å².